The number of rotatable bonds is 3. The highest BCUT2D eigenvalue weighted by molar-refractivity contribution is 5.96. The molecular formula is C18H18FNO2. The number of allylic oxidation sites excluding steroid dienone is 2. The number of carboxylic acid groups (broad SMARTS) is 1. The normalized spacial score (nSPS) is 21.6. The van der Waals surface area contributed by atoms with Crippen LogP contribution in [0.1, 0.15) is 42.1 Å². The first-order valence-electron chi connectivity index (χ1n) is 7.40. The predicted octanol–water partition coefficient (Wildman–Crippen LogP) is 4.48. The minimum absolute atomic E-state index is 0.187. The summed E-state index contributed by atoms with van der Waals surface area (Å²) in [6, 6.07) is 7.42. The van der Waals surface area contributed by atoms with Crippen LogP contribution in [0, 0.1) is 5.41 Å². The molecule has 0 saturated carbocycles. The molecule has 4 heteroatoms. The van der Waals surface area contributed by atoms with Crippen LogP contribution in [-0.4, -0.2) is 22.7 Å². The summed E-state index contributed by atoms with van der Waals surface area (Å²) in [5.74, 6) is -0.976. The molecule has 0 radical (unpaired) electrons. The molecule has 0 spiro atoms. The molecule has 1 aromatic carbocycles. The van der Waals surface area contributed by atoms with E-state index in [1.807, 2.05) is 25.1 Å². The molecule has 1 aromatic heterocycles. The van der Waals surface area contributed by atoms with Crippen LogP contribution < -0.4 is 0 Å². The van der Waals surface area contributed by atoms with E-state index in [9.17, 15) is 9.18 Å². The molecule has 1 atom stereocenters. The molecule has 22 heavy (non-hydrogen) atoms. The van der Waals surface area contributed by atoms with Crippen molar-refractivity contribution in [1.82, 2.24) is 4.98 Å². The topological polar surface area (TPSA) is 50.2 Å². The number of carbonyl (C=O) groups is 1. The smallest absolute Gasteiger partial charge is 0.337 e. The number of alkyl halides is 1. The molecule has 1 aliphatic carbocycles. The van der Waals surface area contributed by atoms with Crippen molar-refractivity contribution >= 4 is 22.4 Å². The molecule has 0 fully saturated rings. The second kappa shape index (κ2) is 5.52. The molecule has 3 nitrogen and oxygen atoms in total. The number of nitrogens with zero attached hydrogens (tertiary/aromatic N) is 1. The number of aromatic nitrogens is 1. The van der Waals surface area contributed by atoms with Crippen LogP contribution in [0.5, 0.6) is 0 Å². The lowest BCUT2D eigenvalue weighted by Gasteiger charge is -2.30. The lowest BCUT2D eigenvalue weighted by molar-refractivity contribution is 0.0696. The fourth-order valence-electron chi connectivity index (χ4n) is 2.91. The van der Waals surface area contributed by atoms with Gasteiger partial charge in [-0.1, -0.05) is 31.2 Å². The Hall–Kier alpha value is -2.23. The van der Waals surface area contributed by atoms with Crippen molar-refractivity contribution in [2.24, 2.45) is 5.41 Å². The molecule has 0 aliphatic heterocycles. The molecule has 2 aromatic rings. The Kier molecular flexibility index (Phi) is 3.69. The highest BCUT2D eigenvalue weighted by atomic mass is 19.1. The van der Waals surface area contributed by atoms with Crippen molar-refractivity contribution in [3.05, 3.63) is 47.7 Å². The van der Waals surface area contributed by atoms with Gasteiger partial charge in [-0.2, -0.15) is 0 Å². The number of halogens is 1. The van der Waals surface area contributed by atoms with E-state index in [4.69, 9.17) is 5.11 Å². The summed E-state index contributed by atoms with van der Waals surface area (Å²) in [5.41, 5.74) is 2.94. The zero-order chi connectivity index (χ0) is 15.7. The second-order valence-electron chi connectivity index (χ2n) is 6.28. The van der Waals surface area contributed by atoms with Gasteiger partial charge in [0.15, 0.2) is 0 Å². The third kappa shape index (κ3) is 2.61. The van der Waals surface area contributed by atoms with Crippen LogP contribution >= 0.6 is 0 Å². The highest BCUT2D eigenvalue weighted by Crippen LogP contribution is 2.40. The van der Waals surface area contributed by atoms with E-state index < -0.39 is 5.97 Å². The van der Waals surface area contributed by atoms with E-state index >= 15 is 0 Å². The van der Waals surface area contributed by atoms with Gasteiger partial charge in [0.05, 0.1) is 17.8 Å². The number of aromatic carboxylic acids is 1. The molecule has 0 bridgehead atoms. The van der Waals surface area contributed by atoms with E-state index in [-0.39, 0.29) is 17.7 Å². The molecule has 1 aliphatic rings. The number of pyridine rings is 1. The Morgan fingerprint density at radius 3 is 2.91 bits per heavy atom. The van der Waals surface area contributed by atoms with Crippen LogP contribution in [-0.2, 0) is 0 Å². The van der Waals surface area contributed by atoms with E-state index in [2.05, 4.69) is 11.1 Å². The maximum absolute atomic E-state index is 13.1. The minimum atomic E-state index is -0.976. The van der Waals surface area contributed by atoms with Gasteiger partial charge in [-0.15, -0.1) is 0 Å². The first kappa shape index (κ1) is 14.7. The number of hydrogen-bond acceptors (Lipinski definition) is 2. The van der Waals surface area contributed by atoms with Gasteiger partial charge < -0.3 is 5.11 Å². The number of hydrogen-bond donors (Lipinski definition) is 1. The Balaban J connectivity index is 2.03. The fraction of sp³-hybridized carbons (Fsp3) is 0.333. The average Bonchev–Trinajstić information content (AvgIpc) is 2.54. The fourth-order valence-corrected chi connectivity index (χ4v) is 2.91. The number of para-hydroxylation sites is 1. The zero-order valence-electron chi connectivity index (χ0n) is 12.5. The van der Waals surface area contributed by atoms with Gasteiger partial charge in [-0.05, 0) is 36.3 Å². The van der Waals surface area contributed by atoms with Gasteiger partial charge in [0, 0.05) is 17.1 Å². The maximum Gasteiger partial charge on any atom is 0.337 e. The highest BCUT2D eigenvalue weighted by Gasteiger charge is 2.27. The van der Waals surface area contributed by atoms with Crippen molar-refractivity contribution in [2.45, 2.75) is 26.2 Å². The summed E-state index contributed by atoms with van der Waals surface area (Å²) >= 11 is 0. The Morgan fingerprint density at radius 1 is 1.45 bits per heavy atom. The van der Waals surface area contributed by atoms with Crippen molar-refractivity contribution < 1.29 is 14.3 Å². The average molecular weight is 299 g/mol. The third-order valence-corrected chi connectivity index (χ3v) is 4.47. The number of carboxylic acids is 1. The number of fused-ring (bicyclic) bond motifs is 1. The van der Waals surface area contributed by atoms with Crippen molar-refractivity contribution in [2.75, 3.05) is 6.67 Å². The SMILES string of the molecule is CC1(CF)CC=C(c2cccc3cc(C(=O)O)cnc23)CC1. The summed E-state index contributed by atoms with van der Waals surface area (Å²) in [5, 5.41) is 9.88. The first-order valence-corrected chi connectivity index (χ1v) is 7.40. The predicted molar refractivity (Wildman–Crippen MR) is 84.6 cm³/mol. The summed E-state index contributed by atoms with van der Waals surface area (Å²) in [6.07, 6.45) is 5.86. The Labute approximate surface area is 128 Å². The quantitative estimate of drug-likeness (QED) is 0.909. The molecule has 3 rings (SSSR count). The Bertz CT molecular complexity index is 769. The van der Waals surface area contributed by atoms with Crippen molar-refractivity contribution in [1.29, 1.82) is 0 Å². The lowest BCUT2D eigenvalue weighted by atomic mass is 9.76. The van der Waals surface area contributed by atoms with Gasteiger partial charge in [-0.25, -0.2) is 4.79 Å². The molecular weight excluding hydrogens is 281 g/mol. The molecule has 1 unspecified atom stereocenters. The lowest BCUT2D eigenvalue weighted by Crippen LogP contribution is -2.21. The standard InChI is InChI=1S/C18H18FNO2/c1-18(11-19)7-5-12(6-8-18)15-4-2-3-13-9-14(17(21)22)10-20-16(13)15/h2-5,9-10H,6-8,11H2,1H3,(H,21,22). The van der Waals surface area contributed by atoms with Crippen molar-refractivity contribution in [3.63, 3.8) is 0 Å². The van der Waals surface area contributed by atoms with Gasteiger partial charge >= 0.3 is 5.97 Å². The monoisotopic (exact) mass is 299 g/mol. The molecule has 1 N–H and O–H groups in total. The number of benzene rings is 1. The molecule has 1 heterocycles. The summed E-state index contributed by atoms with van der Waals surface area (Å²) < 4.78 is 13.1. The first-order chi connectivity index (χ1) is 10.5. The van der Waals surface area contributed by atoms with Gasteiger partial charge in [-0.3, -0.25) is 9.37 Å². The zero-order valence-corrected chi connectivity index (χ0v) is 12.5. The van der Waals surface area contributed by atoms with Gasteiger partial charge in [0.2, 0.25) is 0 Å². The summed E-state index contributed by atoms with van der Waals surface area (Å²) in [4.78, 5) is 15.4. The maximum atomic E-state index is 13.1. The molecule has 0 amide bonds. The van der Waals surface area contributed by atoms with E-state index in [1.165, 1.54) is 11.8 Å². The van der Waals surface area contributed by atoms with Gasteiger partial charge in [0.1, 0.15) is 0 Å². The second-order valence-corrected chi connectivity index (χ2v) is 6.28. The van der Waals surface area contributed by atoms with E-state index in [1.54, 1.807) is 6.07 Å². The van der Waals surface area contributed by atoms with Crippen LogP contribution in [0.3, 0.4) is 0 Å². The minimum Gasteiger partial charge on any atom is -0.478 e. The summed E-state index contributed by atoms with van der Waals surface area (Å²) in [6.45, 7) is 1.67. The van der Waals surface area contributed by atoms with Crippen LogP contribution in [0.25, 0.3) is 16.5 Å². The Morgan fingerprint density at radius 2 is 2.27 bits per heavy atom. The van der Waals surface area contributed by atoms with E-state index in [0.29, 0.717) is 0 Å². The van der Waals surface area contributed by atoms with Crippen molar-refractivity contribution in [3.8, 4) is 0 Å². The molecule has 114 valence electrons. The van der Waals surface area contributed by atoms with E-state index in [0.717, 1.165) is 35.7 Å². The van der Waals surface area contributed by atoms with Crippen LogP contribution in [0.15, 0.2) is 36.5 Å². The van der Waals surface area contributed by atoms with Crippen LogP contribution in [0.4, 0.5) is 4.39 Å². The van der Waals surface area contributed by atoms with Gasteiger partial charge in [0.25, 0.3) is 0 Å². The largest absolute Gasteiger partial charge is 0.478 e. The summed E-state index contributed by atoms with van der Waals surface area (Å²) in [7, 11) is 0. The molecule has 0 saturated heterocycles. The van der Waals surface area contributed by atoms with Crippen LogP contribution in [0.2, 0.25) is 0 Å². The third-order valence-electron chi connectivity index (χ3n) is 4.47.